The molecule has 0 unspecified atom stereocenters. The van der Waals surface area contributed by atoms with E-state index in [-0.39, 0.29) is 0 Å². The Hall–Kier alpha value is -2.67. The second-order valence-corrected chi connectivity index (χ2v) is 4.54. The standard InChI is InChI=1S/C14H12N4O2S/c1-19-11-5-2-4-10(8-11)13-16-17-14(21)18(13)15-9-12-6-3-7-20-12/h2-9H,1H3,(H,17,21)/b15-9+. The molecule has 0 aliphatic heterocycles. The van der Waals surface area contributed by atoms with Gasteiger partial charge in [-0.1, -0.05) is 12.1 Å². The average molecular weight is 300 g/mol. The molecule has 106 valence electrons. The smallest absolute Gasteiger partial charge is 0.216 e. The molecule has 0 saturated heterocycles. The number of methoxy groups -OCH3 is 1. The third kappa shape index (κ3) is 2.77. The highest BCUT2D eigenvalue weighted by Gasteiger charge is 2.09. The van der Waals surface area contributed by atoms with Gasteiger partial charge in [-0.2, -0.15) is 14.9 Å². The zero-order chi connectivity index (χ0) is 14.7. The van der Waals surface area contributed by atoms with Crippen molar-refractivity contribution in [2.45, 2.75) is 0 Å². The summed E-state index contributed by atoms with van der Waals surface area (Å²) >= 11 is 5.20. The number of aromatic amines is 1. The molecule has 0 spiro atoms. The SMILES string of the molecule is COc1cccc(-c2n[nH]c(=S)n2/N=C/c2ccco2)c1. The highest BCUT2D eigenvalue weighted by Crippen LogP contribution is 2.22. The van der Waals surface area contributed by atoms with Crippen molar-refractivity contribution in [1.82, 2.24) is 14.9 Å². The van der Waals surface area contributed by atoms with Gasteiger partial charge in [0.1, 0.15) is 11.5 Å². The fraction of sp³-hybridized carbons (Fsp3) is 0.0714. The van der Waals surface area contributed by atoms with Crippen LogP contribution in [0.3, 0.4) is 0 Å². The summed E-state index contributed by atoms with van der Waals surface area (Å²) in [6.45, 7) is 0. The largest absolute Gasteiger partial charge is 0.497 e. The van der Waals surface area contributed by atoms with Crippen LogP contribution < -0.4 is 4.74 Å². The zero-order valence-electron chi connectivity index (χ0n) is 11.2. The third-order valence-corrected chi connectivity index (χ3v) is 3.09. The molecule has 3 aromatic rings. The number of benzene rings is 1. The van der Waals surface area contributed by atoms with Gasteiger partial charge in [-0.25, -0.2) is 5.10 Å². The Kier molecular flexibility index (Phi) is 3.65. The van der Waals surface area contributed by atoms with Gasteiger partial charge in [0.05, 0.1) is 19.6 Å². The van der Waals surface area contributed by atoms with E-state index in [0.717, 1.165) is 11.3 Å². The third-order valence-electron chi connectivity index (χ3n) is 2.82. The van der Waals surface area contributed by atoms with Crippen LogP contribution >= 0.6 is 12.2 Å². The number of furan rings is 1. The Bertz CT molecular complexity index is 818. The minimum Gasteiger partial charge on any atom is -0.497 e. The number of nitrogens with zero attached hydrogens (tertiary/aromatic N) is 3. The van der Waals surface area contributed by atoms with E-state index >= 15 is 0 Å². The minimum atomic E-state index is 0.399. The average Bonchev–Trinajstić information content (AvgIpc) is 3.15. The molecule has 0 fully saturated rings. The van der Waals surface area contributed by atoms with E-state index in [9.17, 15) is 0 Å². The number of aromatic nitrogens is 3. The molecule has 0 aliphatic carbocycles. The maximum Gasteiger partial charge on any atom is 0.216 e. The van der Waals surface area contributed by atoms with Crippen LogP contribution in [0, 0.1) is 4.77 Å². The summed E-state index contributed by atoms with van der Waals surface area (Å²) in [6.07, 6.45) is 3.16. The molecule has 7 heteroatoms. The molecule has 0 amide bonds. The minimum absolute atomic E-state index is 0.399. The van der Waals surface area contributed by atoms with E-state index in [0.29, 0.717) is 16.4 Å². The lowest BCUT2D eigenvalue weighted by atomic mass is 10.2. The number of hydrogen-bond donors (Lipinski definition) is 1. The monoisotopic (exact) mass is 300 g/mol. The predicted molar refractivity (Wildman–Crippen MR) is 81.1 cm³/mol. The lowest BCUT2D eigenvalue weighted by Crippen LogP contribution is -1.95. The summed E-state index contributed by atoms with van der Waals surface area (Å²) in [5.41, 5.74) is 0.846. The molecule has 21 heavy (non-hydrogen) atoms. The molecule has 2 heterocycles. The van der Waals surface area contributed by atoms with Gasteiger partial charge in [-0.3, -0.25) is 0 Å². The van der Waals surface area contributed by atoms with Gasteiger partial charge >= 0.3 is 0 Å². The molecule has 3 rings (SSSR count). The van der Waals surface area contributed by atoms with Crippen molar-refractivity contribution in [3.05, 3.63) is 53.2 Å². The van der Waals surface area contributed by atoms with Crippen LogP contribution in [-0.2, 0) is 0 Å². The van der Waals surface area contributed by atoms with E-state index in [4.69, 9.17) is 21.4 Å². The molecule has 1 N–H and O–H groups in total. The van der Waals surface area contributed by atoms with Crippen molar-refractivity contribution in [1.29, 1.82) is 0 Å². The van der Waals surface area contributed by atoms with Crippen molar-refractivity contribution in [3.8, 4) is 17.1 Å². The highest BCUT2D eigenvalue weighted by atomic mass is 32.1. The summed E-state index contributed by atoms with van der Waals surface area (Å²) < 4.78 is 12.4. The summed E-state index contributed by atoms with van der Waals surface area (Å²) in [5, 5.41) is 11.2. The van der Waals surface area contributed by atoms with Gasteiger partial charge in [-0.15, -0.1) is 0 Å². The first kappa shape index (κ1) is 13.3. The van der Waals surface area contributed by atoms with Crippen molar-refractivity contribution >= 4 is 18.4 Å². The topological polar surface area (TPSA) is 68.3 Å². The van der Waals surface area contributed by atoms with Gasteiger partial charge < -0.3 is 9.15 Å². The summed E-state index contributed by atoms with van der Waals surface area (Å²) in [4.78, 5) is 0. The van der Waals surface area contributed by atoms with Gasteiger partial charge in [0, 0.05) is 5.56 Å². The first-order valence-corrected chi connectivity index (χ1v) is 6.58. The Morgan fingerprint density at radius 3 is 3.05 bits per heavy atom. The molecular formula is C14H12N4O2S. The van der Waals surface area contributed by atoms with E-state index in [1.807, 2.05) is 24.3 Å². The normalized spacial score (nSPS) is 11.1. The Morgan fingerprint density at radius 2 is 2.29 bits per heavy atom. The molecule has 2 aromatic heterocycles. The van der Waals surface area contributed by atoms with E-state index in [2.05, 4.69) is 15.3 Å². The van der Waals surface area contributed by atoms with Gasteiger partial charge in [-0.05, 0) is 36.5 Å². The van der Waals surface area contributed by atoms with Gasteiger partial charge in [0.2, 0.25) is 4.77 Å². The van der Waals surface area contributed by atoms with Crippen LogP contribution in [0.2, 0.25) is 0 Å². The van der Waals surface area contributed by atoms with Crippen molar-refractivity contribution in [3.63, 3.8) is 0 Å². The molecule has 6 nitrogen and oxygen atoms in total. The van der Waals surface area contributed by atoms with Crippen LogP contribution in [0.25, 0.3) is 11.4 Å². The fourth-order valence-corrected chi connectivity index (χ4v) is 2.01. The van der Waals surface area contributed by atoms with E-state index in [1.54, 1.807) is 31.7 Å². The van der Waals surface area contributed by atoms with E-state index in [1.165, 1.54) is 4.68 Å². The highest BCUT2D eigenvalue weighted by molar-refractivity contribution is 7.71. The number of H-pyrrole nitrogens is 1. The molecule has 0 atom stereocenters. The number of rotatable bonds is 4. The van der Waals surface area contributed by atoms with Gasteiger partial charge in [0.25, 0.3) is 0 Å². The van der Waals surface area contributed by atoms with E-state index < -0.39 is 0 Å². The van der Waals surface area contributed by atoms with Crippen LogP contribution in [0.15, 0.2) is 52.2 Å². The van der Waals surface area contributed by atoms with Crippen molar-refractivity contribution in [2.75, 3.05) is 7.11 Å². The Labute approximate surface area is 125 Å². The Balaban J connectivity index is 2.02. The summed E-state index contributed by atoms with van der Waals surface area (Å²) in [7, 11) is 1.62. The Morgan fingerprint density at radius 1 is 1.38 bits per heavy atom. The lowest BCUT2D eigenvalue weighted by molar-refractivity contribution is 0.415. The molecular weight excluding hydrogens is 288 g/mol. The van der Waals surface area contributed by atoms with Crippen molar-refractivity contribution < 1.29 is 9.15 Å². The van der Waals surface area contributed by atoms with Crippen LogP contribution in [0.1, 0.15) is 5.76 Å². The van der Waals surface area contributed by atoms with Crippen LogP contribution in [0.5, 0.6) is 5.75 Å². The quantitative estimate of drug-likeness (QED) is 0.594. The van der Waals surface area contributed by atoms with Crippen LogP contribution in [-0.4, -0.2) is 28.2 Å². The molecule has 0 radical (unpaired) electrons. The molecule has 0 saturated carbocycles. The number of ether oxygens (including phenoxy) is 1. The molecule has 0 aliphatic rings. The second-order valence-electron chi connectivity index (χ2n) is 4.16. The zero-order valence-corrected chi connectivity index (χ0v) is 12.0. The first-order valence-electron chi connectivity index (χ1n) is 6.17. The van der Waals surface area contributed by atoms with Crippen LogP contribution in [0.4, 0.5) is 0 Å². The number of hydrogen-bond acceptors (Lipinski definition) is 5. The maximum atomic E-state index is 5.22. The lowest BCUT2D eigenvalue weighted by Gasteiger charge is -2.03. The van der Waals surface area contributed by atoms with Gasteiger partial charge in [0.15, 0.2) is 5.82 Å². The van der Waals surface area contributed by atoms with Crippen molar-refractivity contribution in [2.24, 2.45) is 5.10 Å². The number of nitrogens with one attached hydrogen (secondary N) is 1. The maximum absolute atomic E-state index is 5.22. The second kappa shape index (κ2) is 5.76. The first-order chi connectivity index (χ1) is 10.3. The molecule has 0 bridgehead atoms. The fourth-order valence-electron chi connectivity index (χ4n) is 1.83. The summed E-state index contributed by atoms with van der Waals surface area (Å²) in [5.74, 6) is 1.97. The predicted octanol–water partition coefficient (Wildman–Crippen LogP) is 3.09. The summed E-state index contributed by atoms with van der Waals surface area (Å²) in [6, 6.07) is 11.1. The molecule has 1 aromatic carbocycles.